The number of aliphatic carboxylic acids is 1. The number of carboxylic acid groups (broad SMARTS) is 1. The Labute approximate surface area is 134 Å². The van der Waals surface area contributed by atoms with E-state index in [0.717, 1.165) is 22.4 Å². The van der Waals surface area contributed by atoms with Crippen LogP contribution in [0.25, 0.3) is 22.6 Å². The van der Waals surface area contributed by atoms with Gasteiger partial charge in [-0.15, -0.1) is 0 Å². The van der Waals surface area contributed by atoms with Gasteiger partial charge in [-0.3, -0.25) is 4.79 Å². The van der Waals surface area contributed by atoms with Crippen LogP contribution in [0.4, 0.5) is 0 Å². The first-order chi connectivity index (χ1) is 11.1. The second kappa shape index (κ2) is 6.48. The van der Waals surface area contributed by atoms with E-state index in [1.165, 1.54) is 0 Å². The Bertz CT molecular complexity index is 822. The lowest BCUT2D eigenvalue weighted by atomic mass is 10.0. The van der Waals surface area contributed by atoms with E-state index in [0.29, 0.717) is 11.7 Å². The molecule has 0 atom stereocenters. The van der Waals surface area contributed by atoms with Crippen LogP contribution in [0, 0.1) is 6.92 Å². The monoisotopic (exact) mass is 307 g/mol. The molecule has 0 saturated heterocycles. The van der Waals surface area contributed by atoms with Gasteiger partial charge in [-0.25, -0.2) is 4.98 Å². The van der Waals surface area contributed by atoms with Crippen molar-refractivity contribution in [3.05, 3.63) is 66.1 Å². The molecule has 0 aliphatic heterocycles. The molecule has 1 aromatic heterocycles. The maximum Gasteiger partial charge on any atom is 0.303 e. The molecule has 0 amide bonds. The van der Waals surface area contributed by atoms with Crippen molar-refractivity contribution >= 4 is 5.97 Å². The van der Waals surface area contributed by atoms with Crippen molar-refractivity contribution < 1.29 is 14.3 Å². The van der Waals surface area contributed by atoms with E-state index in [2.05, 4.69) is 4.98 Å². The summed E-state index contributed by atoms with van der Waals surface area (Å²) in [6.07, 6.45) is 0.281. The number of rotatable bonds is 5. The van der Waals surface area contributed by atoms with E-state index in [9.17, 15) is 4.79 Å². The van der Waals surface area contributed by atoms with Crippen LogP contribution >= 0.6 is 0 Å². The Hall–Kier alpha value is -2.88. The van der Waals surface area contributed by atoms with E-state index in [-0.39, 0.29) is 12.8 Å². The minimum absolute atomic E-state index is 0.00194. The molecule has 0 unspecified atom stereocenters. The average Bonchev–Trinajstić information content (AvgIpc) is 2.98. The van der Waals surface area contributed by atoms with E-state index in [1.807, 2.05) is 61.5 Å². The molecule has 0 radical (unpaired) electrons. The van der Waals surface area contributed by atoms with Gasteiger partial charge in [0, 0.05) is 17.5 Å². The van der Waals surface area contributed by atoms with Crippen LogP contribution in [0.1, 0.15) is 17.9 Å². The Morgan fingerprint density at radius 2 is 1.78 bits per heavy atom. The molecule has 4 heteroatoms. The van der Waals surface area contributed by atoms with Gasteiger partial charge in [0.05, 0.1) is 6.42 Å². The highest BCUT2D eigenvalue weighted by molar-refractivity contribution is 5.78. The zero-order chi connectivity index (χ0) is 16.2. The third-order valence-corrected chi connectivity index (χ3v) is 3.66. The normalized spacial score (nSPS) is 10.7. The zero-order valence-electron chi connectivity index (χ0n) is 12.8. The van der Waals surface area contributed by atoms with Crippen molar-refractivity contribution in [2.45, 2.75) is 19.8 Å². The van der Waals surface area contributed by atoms with Gasteiger partial charge in [0.15, 0.2) is 11.7 Å². The first-order valence-corrected chi connectivity index (χ1v) is 7.48. The lowest BCUT2D eigenvalue weighted by Gasteiger charge is -2.04. The standard InChI is InChI=1S/C19H17NO3/c1-13-7-5-6-10-15(13)19-18(14-8-3-2-4-9-14)20-16(23-19)11-12-17(21)22/h2-10H,11-12H2,1H3,(H,21,22). The number of hydrogen-bond donors (Lipinski definition) is 1. The molecule has 23 heavy (non-hydrogen) atoms. The van der Waals surface area contributed by atoms with Crippen molar-refractivity contribution in [1.29, 1.82) is 0 Å². The Morgan fingerprint density at radius 1 is 1.09 bits per heavy atom. The Balaban J connectivity index is 2.09. The molecule has 3 rings (SSSR count). The summed E-state index contributed by atoms with van der Waals surface area (Å²) in [6, 6.07) is 17.7. The van der Waals surface area contributed by atoms with Crippen LogP contribution in [-0.2, 0) is 11.2 Å². The van der Waals surface area contributed by atoms with Crippen molar-refractivity contribution in [3.63, 3.8) is 0 Å². The van der Waals surface area contributed by atoms with Crippen LogP contribution in [0.5, 0.6) is 0 Å². The Morgan fingerprint density at radius 3 is 2.48 bits per heavy atom. The van der Waals surface area contributed by atoms with E-state index < -0.39 is 5.97 Å². The first-order valence-electron chi connectivity index (χ1n) is 7.48. The third kappa shape index (κ3) is 3.31. The maximum absolute atomic E-state index is 10.8. The van der Waals surface area contributed by atoms with Crippen molar-refractivity contribution in [1.82, 2.24) is 4.98 Å². The van der Waals surface area contributed by atoms with Crippen LogP contribution in [0.15, 0.2) is 59.0 Å². The van der Waals surface area contributed by atoms with E-state index >= 15 is 0 Å². The van der Waals surface area contributed by atoms with Crippen molar-refractivity contribution in [3.8, 4) is 22.6 Å². The summed E-state index contributed by atoms with van der Waals surface area (Å²) in [6.45, 7) is 2.02. The highest BCUT2D eigenvalue weighted by Crippen LogP contribution is 2.34. The predicted molar refractivity (Wildman–Crippen MR) is 88.1 cm³/mol. The predicted octanol–water partition coefficient (Wildman–Crippen LogP) is 4.33. The number of aromatic nitrogens is 1. The first kappa shape index (κ1) is 15.0. The number of aryl methyl sites for hydroxylation is 2. The number of carbonyl (C=O) groups is 1. The lowest BCUT2D eigenvalue weighted by Crippen LogP contribution is -1.97. The minimum atomic E-state index is -0.859. The van der Waals surface area contributed by atoms with Crippen LogP contribution in [-0.4, -0.2) is 16.1 Å². The van der Waals surface area contributed by atoms with Gasteiger partial charge in [-0.05, 0) is 12.5 Å². The van der Waals surface area contributed by atoms with Gasteiger partial charge < -0.3 is 9.52 Å². The number of nitrogens with zero attached hydrogens (tertiary/aromatic N) is 1. The van der Waals surface area contributed by atoms with Gasteiger partial charge in [0.2, 0.25) is 0 Å². The highest BCUT2D eigenvalue weighted by atomic mass is 16.4. The molecule has 116 valence electrons. The summed E-state index contributed by atoms with van der Waals surface area (Å²) < 4.78 is 5.91. The smallest absolute Gasteiger partial charge is 0.303 e. The van der Waals surface area contributed by atoms with Gasteiger partial charge >= 0.3 is 5.97 Å². The number of oxazole rings is 1. The van der Waals surface area contributed by atoms with Crippen molar-refractivity contribution in [2.75, 3.05) is 0 Å². The largest absolute Gasteiger partial charge is 0.481 e. The fourth-order valence-electron chi connectivity index (χ4n) is 2.49. The minimum Gasteiger partial charge on any atom is -0.481 e. The topological polar surface area (TPSA) is 63.3 Å². The molecule has 0 aliphatic carbocycles. The molecule has 0 spiro atoms. The molecule has 0 fully saturated rings. The van der Waals surface area contributed by atoms with Crippen LogP contribution in [0.2, 0.25) is 0 Å². The maximum atomic E-state index is 10.8. The summed E-state index contributed by atoms with van der Waals surface area (Å²) in [4.78, 5) is 15.3. The van der Waals surface area contributed by atoms with Gasteiger partial charge in [-0.2, -0.15) is 0 Å². The molecule has 0 bridgehead atoms. The lowest BCUT2D eigenvalue weighted by molar-refractivity contribution is -0.137. The SMILES string of the molecule is Cc1ccccc1-c1oc(CCC(=O)O)nc1-c1ccccc1. The molecule has 0 aliphatic rings. The quantitative estimate of drug-likeness (QED) is 0.762. The summed E-state index contributed by atoms with van der Waals surface area (Å²) >= 11 is 0. The molecular formula is C19H17NO3. The average molecular weight is 307 g/mol. The summed E-state index contributed by atoms with van der Waals surface area (Å²) in [7, 11) is 0. The van der Waals surface area contributed by atoms with Crippen LogP contribution < -0.4 is 0 Å². The molecule has 3 aromatic rings. The van der Waals surface area contributed by atoms with Crippen molar-refractivity contribution in [2.24, 2.45) is 0 Å². The van der Waals surface area contributed by atoms with Gasteiger partial charge in [-0.1, -0.05) is 54.6 Å². The summed E-state index contributed by atoms with van der Waals surface area (Å²) in [5.41, 5.74) is 3.77. The molecule has 4 nitrogen and oxygen atoms in total. The fourth-order valence-corrected chi connectivity index (χ4v) is 2.49. The summed E-state index contributed by atoms with van der Waals surface area (Å²) in [5.74, 6) is 0.279. The number of carboxylic acids is 1. The highest BCUT2D eigenvalue weighted by Gasteiger charge is 2.18. The van der Waals surface area contributed by atoms with E-state index in [1.54, 1.807) is 0 Å². The number of benzene rings is 2. The van der Waals surface area contributed by atoms with Crippen LogP contribution in [0.3, 0.4) is 0 Å². The summed E-state index contributed by atoms with van der Waals surface area (Å²) in [5, 5.41) is 8.86. The fraction of sp³-hybridized carbons (Fsp3) is 0.158. The second-order valence-electron chi connectivity index (χ2n) is 5.36. The molecule has 1 N–H and O–H groups in total. The number of hydrogen-bond acceptors (Lipinski definition) is 3. The third-order valence-electron chi connectivity index (χ3n) is 3.66. The molecule has 2 aromatic carbocycles. The van der Waals surface area contributed by atoms with Gasteiger partial charge in [0.25, 0.3) is 0 Å². The second-order valence-corrected chi connectivity index (χ2v) is 5.36. The van der Waals surface area contributed by atoms with Gasteiger partial charge in [0.1, 0.15) is 5.69 Å². The molecular weight excluding hydrogens is 290 g/mol. The molecule has 1 heterocycles. The Kier molecular flexibility index (Phi) is 4.24. The zero-order valence-corrected chi connectivity index (χ0v) is 12.8. The van der Waals surface area contributed by atoms with E-state index in [4.69, 9.17) is 9.52 Å². The molecule has 0 saturated carbocycles.